The minimum atomic E-state index is -5.38. The first-order chi connectivity index (χ1) is 21.9. The molecule has 2 heterocycles. The first-order valence-electron chi connectivity index (χ1n) is 13.3. The molecule has 1 unspecified atom stereocenters. The fraction of sp³-hybridized carbons (Fsp3) is 0.129. The van der Waals surface area contributed by atoms with Gasteiger partial charge in [0.25, 0.3) is 5.91 Å². The second-order valence-corrected chi connectivity index (χ2v) is 9.73. The third kappa shape index (κ3) is 6.10. The number of nitrogens with zero attached hydrogens (tertiary/aromatic N) is 3. The molecule has 1 aliphatic heterocycles. The number of ether oxygens (including phenoxy) is 2. The molecule has 0 saturated heterocycles. The van der Waals surface area contributed by atoms with E-state index in [0.717, 1.165) is 17.0 Å². The Morgan fingerprint density at radius 2 is 1.83 bits per heavy atom. The van der Waals surface area contributed by atoms with E-state index in [1.165, 1.54) is 49.6 Å². The van der Waals surface area contributed by atoms with E-state index in [1.54, 1.807) is 18.2 Å². The molecule has 0 spiro atoms. The van der Waals surface area contributed by atoms with Crippen molar-refractivity contribution in [1.29, 1.82) is 5.26 Å². The molecule has 3 aromatic carbocycles. The van der Waals surface area contributed by atoms with E-state index in [-0.39, 0.29) is 39.7 Å². The molecule has 1 atom stereocenters. The molecule has 0 saturated carbocycles. The average molecular weight is 634 g/mol. The Bertz CT molecular complexity index is 1910. The zero-order valence-corrected chi connectivity index (χ0v) is 23.7. The van der Waals surface area contributed by atoms with Crippen molar-refractivity contribution in [3.05, 3.63) is 83.9 Å². The van der Waals surface area contributed by atoms with Gasteiger partial charge in [-0.15, -0.1) is 0 Å². The van der Waals surface area contributed by atoms with Crippen LogP contribution in [-0.2, 0) is 14.4 Å². The Morgan fingerprint density at radius 1 is 1.11 bits per heavy atom. The number of para-hydroxylation sites is 1. The number of alkyl halides is 3. The van der Waals surface area contributed by atoms with Crippen molar-refractivity contribution >= 4 is 29.4 Å². The number of carbonyl (C=O) groups is 3. The van der Waals surface area contributed by atoms with Crippen LogP contribution >= 0.6 is 0 Å². The van der Waals surface area contributed by atoms with Gasteiger partial charge < -0.3 is 25.2 Å². The molecule has 1 aromatic heterocycles. The van der Waals surface area contributed by atoms with Crippen LogP contribution in [0.15, 0.2) is 72.8 Å². The van der Waals surface area contributed by atoms with Crippen molar-refractivity contribution in [1.82, 2.24) is 4.98 Å². The highest BCUT2D eigenvalue weighted by molar-refractivity contribution is 6.09. The van der Waals surface area contributed by atoms with E-state index in [0.29, 0.717) is 11.3 Å². The number of aromatic nitrogens is 1. The summed E-state index contributed by atoms with van der Waals surface area (Å²) in [5.41, 5.74) is 8.81. The number of carbonyl (C=O) groups excluding carboxylic acids is 3. The lowest BCUT2D eigenvalue weighted by Crippen LogP contribution is -2.47. The molecular formula is C31H22F3N5O7. The SMILES string of the molecule is COc1cccc(O)c1-c1cc2c(C#N)c(n1)N(C(=O)c1ccccc1OC(=O)C(F)(F)F)CC(N)C(=O)ONc1cccc-2c1. The number of hydrogen-bond donors (Lipinski definition) is 3. The maximum atomic E-state index is 14.2. The zero-order chi connectivity index (χ0) is 33.2. The van der Waals surface area contributed by atoms with Crippen molar-refractivity contribution < 1.29 is 47.0 Å². The summed E-state index contributed by atoms with van der Waals surface area (Å²) in [6.45, 7) is -0.711. The van der Waals surface area contributed by atoms with Gasteiger partial charge in [0.05, 0.1) is 36.2 Å². The Labute approximate surface area is 258 Å². The number of benzene rings is 3. The topological polar surface area (TPSA) is 177 Å². The summed E-state index contributed by atoms with van der Waals surface area (Å²) in [6.07, 6.45) is -5.38. The summed E-state index contributed by atoms with van der Waals surface area (Å²) in [6, 6.07) is 17.2. The fourth-order valence-electron chi connectivity index (χ4n) is 4.65. The van der Waals surface area contributed by atoms with Crippen LogP contribution < -0.4 is 25.6 Å². The highest BCUT2D eigenvalue weighted by atomic mass is 19.4. The lowest BCUT2D eigenvalue weighted by atomic mass is 9.96. The number of anilines is 2. The molecule has 0 fully saturated rings. The smallest absolute Gasteiger partial charge is 0.491 e. The summed E-state index contributed by atoms with van der Waals surface area (Å²) in [4.78, 5) is 49.2. The van der Waals surface area contributed by atoms with Crippen molar-refractivity contribution in [2.45, 2.75) is 12.2 Å². The fourth-order valence-corrected chi connectivity index (χ4v) is 4.65. The van der Waals surface area contributed by atoms with E-state index in [2.05, 4.69) is 15.2 Å². The van der Waals surface area contributed by atoms with Gasteiger partial charge in [-0.05, 0) is 48.0 Å². The number of nitrogens with two attached hydrogens (primary N) is 1. The van der Waals surface area contributed by atoms with Crippen molar-refractivity contribution in [2.75, 3.05) is 24.0 Å². The van der Waals surface area contributed by atoms with Gasteiger partial charge in [0.15, 0.2) is 5.82 Å². The summed E-state index contributed by atoms with van der Waals surface area (Å²) >= 11 is 0. The van der Waals surface area contributed by atoms with Gasteiger partial charge in [-0.1, -0.05) is 30.3 Å². The van der Waals surface area contributed by atoms with Crippen LogP contribution in [0.25, 0.3) is 22.4 Å². The van der Waals surface area contributed by atoms with E-state index in [4.69, 9.17) is 15.3 Å². The van der Waals surface area contributed by atoms with Gasteiger partial charge in [0.2, 0.25) is 0 Å². The van der Waals surface area contributed by atoms with Crippen molar-refractivity contribution in [2.24, 2.45) is 5.73 Å². The van der Waals surface area contributed by atoms with Crippen LogP contribution in [0.2, 0.25) is 0 Å². The lowest BCUT2D eigenvalue weighted by molar-refractivity contribution is -0.189. The van der Waals surface area contributed by atoms with Crippen molar-refractivity contribution in [3.63, 3.8) is 0 Å². The zero-order valence-electron chi connectivity index (χ0n) is 23.7. The summed E-state index contributed by atoms with van der Waals surface area (Å²) < 4.78 is 49.2. The maximum absolute atomic E-state index is 14.2. The summed E-state index contributed by atoms with van der Waals surface area (Å²) in [5, 5.41) is 21.3. The number of halogens is 3. The number of rotatable bonds is 4. The first kappa shape index (κ1) is 31.3. The number of nitriles is 1. The van der Waals surface area contributed by atoms with Gasteiger partial charge in [-0.25, -0.2) is 20.1 Å². The number of esters is 1. The molecule has 15 heteroatoms. The normalized spacial score (nSPS) is 14.5. The van der Waals surface area contributed by atoms with Crippen LogP contribution in [0, 0.1) is 11.3 Å². The molecule has 12 nitrogen and oxygen atoms in total. The number of nitrogens with one attached hydrogen (secondary N) is 1. The minimum absolute atomic E-state index is 0.0140. The molecule has 0 radical (unpaired) electrons. The van der Waals surface area contributed by atoms with Gasteiger partial charge in [-0.3, -0.25) is 9.69 Å². The van der Waals surface area contributed by atoms with E-state index in [1.807, 2.05) is 6.07 Å². The maximum Gasteiger partial charge on any atom is 0.491 e. The van der Waals surface area contributed by atoms with Gasteiger partial charge >= 0.3 is 18.1 Å². The quantitative estimate of drug-likeness (QED) is 0.215. The second-order valence-electron chi connectivity index (χ2n) is 9.73. The molecule has 4 N–H and O–H groups in total. The molecule has 234 valence electrons. The highest BCUT2D eigenvalue weighted by Gasteiger charge is 2.42. The van der Waals surface area contributed by atoms with Crippen LogP contribution in [0.3, 0.4) is 0 Å². The molecule has 4 bridgehead atoms. The van der Waals surface area contributed by atoms with E-state index in [9.17, 15) is 37.9 Å². The predicted octanol–water partition coefficient (Wildman–Crippen LogP) is 4.33. The van der Waals surface area contributed by atoms with Gasteiger partial charge in [0.1, 0.15) is 34.9 Å². The molecule has 46 heavy (non-hydrogen) atoms. The molecule has 0 aliphatic carbocycles. The number of phenolic OH excluding ortho intramolecular Hbond substituents is 1. The number of pyridine rings is 1. The first-order valence-corrected chi connectivity index (χ1v) is 13.3. The average Bonchev–Trinajstić information content (AvgIpc) is 3.04. The third-order valence-electron chi connectivity index (χ3n) is 6.77. The number of fused-ring (bicyclic) bond motifs is 5. The van der Waals surface area contributed by atoms with Gasteiger partial charge in [-0.2, -0.15) is 18.4 Å². The predicted molar refractivity (Wildman–Crippen MR) is 156 cm³/mol. The molecule has 1 aliphatic rings. The standard InChI is InChI=1S/C31H22F3N5O7/c1-44-25-11-5-9-23(40)26(25)22-13-19-16-6-4-7-17(12-16)38-46-29(42)21(36)15-39(27(37-22)20(19)14-35)28(41)18-8-2-3-10-24(18)45-30(43)31(32,33)34/h2-13,21,38,40H,15,36H2,1H3. The Morgan fingerprint density at radius 3 is 2.54 bits per heavy atom. The van der Waals surface area contributed by atoms with Crippen LogP contribution in [0.5, 0.6) is 17.2 Å². The minimum Gasteiger partial charge on any atom is -0.507 e. The summed E-state index contributed by atoms with van der Waals surface area (Å²) in [5.74, 6) is -6.00. The van der Waals surface area contributed by atoms with Crippen LogP contribution in [0.1, 0.15) is 15.9 Å². The molecular weight excluding hydrogens is 611 g/mol. The number of phenols is 1. The molecule has 5 rings (SSSR count). The van der Waals surface area contributed by atoms with Crippen molar-refractivity contribution in [3.8, 4) is 45.7 Å². The number of hydrogen-bond acceptors (Lipinski definition) is 11. The summed E-state index contributed by atoms with van der Waals surface area (Å²) in [7, 11) is 1.35. The highest BCUT2D eigenvalue weighted by Crippen LogP contribution is 2.42. The Hall–Kier alpha value is -6.14. The monoisotopic (exact) mass is 633 g/mol. The molecule has 1 amide bonds. The van der Waals surface area contributed by atoms with E-state index >= 15 is 0 Å². The third-order valence-corrected chi connectivity index (χ3v) is 6.77. The number of aromatic hydroxyl groups is 1. The molecule has 4 aromatic rings. The largest absolute Gasteiger partial charge is 0.507 e. The number of methoxy groups -OCH3 is 1. The second kappa shape index (κ2) is 12.5. The number of amides is 1. The lowest BCUT2D eigenvalue weighted by Gasteiger charge is -2.28. The van der Waals surface area contributed by atoms with E-state index < -0.39 is 47.9 Å². The van der Waals surface area contributed by atoms with Crippen LogP contribution in [-0.4, -0.2) is 53.8 Å². The Kier molecular flexibility index (Phi) is 8.48. The van der Waals surface area contributed by atoms with Gasteiger partial charge in [0, 0.05) is 5.56 Å². The van der Waals surface area contributed by atoms with Crippen LogP contribution in [0.4, 0.5) is 24.7 Å². The Balaban J connectivity index is 1.81.